The van der Waals surface area contributed by atoms with E-state index >= 15 is 0 Å². The van der Waals surface area contributed by atoms with Crippen molar-refractivity contribution in [1.82, 2.24) is 5.32 Å². The van der Waals surface area contributed by atoms with Gasteiger partial charge in [-0.25, -0.2) is 9.18 Å². The lowest BCUT2D eigenvalue weighted by atomic mass is 9.93. The zero-order chi connectivity index (χ0) is 15.6. The van der Waals surface area contributed by atoms with Crippen LogP contribution in [0.1, 0.15) is 30.9 Å². The van der Waals surface area contributed by atoms with Crippen LogP contribution >= 0.6 is 15.9 Å². The van der Waals surface area contributed by atoms with Crippen molar-refractivity contribution in [3.63, 3.8) is 0 Å². The molecule has 0 spiro atoms. The second-order valence-electron chi connectivity index (χ2n) is 4.77. The maximum atomic E-state index is 13.1. The summed E-state index contributed by atoms with van der Waals surface area (Å²) < 4.78 is 56.5. The number of hydrogen-bond acceptors (Lipinski definition) is 2. The number of hydrogen-bond donors (Lipinski definition) is 1. The average Bonchev–Trinajstić information content (AvgIpc) is 2.33. The fourth-order valence-corrected chi connectivity index (χ4v) is 2.26. The number of alkyl carbamates (subject to hydrolysis) is 1. The molecule has 1 atom stereocenters. The van der Waals surface area contributed by atoms with Crippen LogP contribution in [0.5, 0.6) is 0 Å². The van der Waals surface area contributed by atoms with Crippen molar-refractivity contribution >= 4 is 22.0 Å². The first-order chi connectivity index (χ1) is 9.77. The molecule has 116 valence electrons. The SMILES string of the molecule is O=C(NC1CCC1)O[C@@H](c1ccc(F)c(Br)c1)C(F)(F)F. The van der Waals surface area contributed by atoms with E-state index in [4.69, 9.17) is 0 Å². The largest absolute Gasteiger partial charge is 0.432 e. The van der Waals surface area contributed by atoms with E-state index in [1.807, 2.05) is 0 Å². The third kappa shape index (κ3) is 4.09. The van der Waals surface area contributed by atoms with Gasteiger partial charge in [0.05, 0.1) is 4.47 Å². The first kappa shape index (κ1) is 16.1. The number of carbonyl (C=O) groups excluding carboxylic acids is 1. The monoisotopic (exact) mass is 369 g/mol. The molecule has 1 fully saturated rings. The first-order valence-electron chi connectivity index (χ1n) is 6.26. The van der Waals surface area contributed by atoms with Crippen LogP contribution in [-0.2, 0) is 4.74 Å². The highest BCUT2D eigenvalue weighted by molar-refractivity contribution is 9.10. The predicted octanol–water partition coefficient (Wildman–Crippen LogP) is 4.47. The van der Waals surface area contributed by atoms with Crippen LogP contribution in [0.3, 0.4) is 0 Å². The molecule has 0 aromatic heterocycles. The van der Waals surface area contributed by atoms with Gasteiger partial charge in [-0.1, -0.05) is 6.07 Å². The molecule has 1 amide bonds. The fourth-order valence-electron chi connectivity index (χ4n) is 1.86. The Kier molecular flexibility index (Phi) is 4.75. The summed E-state index contributed by atoms with van der Waals surface area (Å²) in [6.07, 6.45) is -5.95. The van der Waals surface area contributed by atoms with Crippen LogP contribution in [-0.4, -0.2) is 18.3 Å². The molecule has 0 heterocycles. The van der Waals surface area contributed by atoms with Crippen molar-refractivity contribution < 1.29 is 27.1 Å². The number of alkyl halides is 3. The van der Waals surface area contributed by atoms with Crippen LogP contribution in [0.2, 0.25) is 0 Å². The van der Waals surface area contributed by atoms with Crippen molar-refractivity contribution in [2.24, 2.45) is 0 Å². The molecular formula is C13H12BrF4NO2. The van der Waals surface area contributed by atoms with E-state index in [-0.39, 0.29) is 16.1 Å². The highest BCUT2D eigenvalue weighted by atomic mass is 79.9. The van der Waals surface area contributed by atoms with Crippen LogP contribution in [0.25, 0.3) is 0 Å². The van der Waals surface area contributed by atoms with Crippen LogP contribution in [0.4, 0.5) is 22.4 Å². The van der Waals surface area contributed by atoms with Crippen LogP contribution in [0.15, 0.2) is 22.7 Å². The molecule has 0 aliphatic heterocycles. The molecule has 0 radical (unpaired) electrons. The van der Waals surface area contributed by atoms with E-state index in [2.05, 4.69) is 26.0 Å². The Bertz CT molecular complexity index is 531. The molecule has 1 aromatic rings. The molecule has 1 saturated carbocycles. The van der Waals surface area contributed by atoms with Crippen molar-refractivity contribution in [2.75, 3.05) is 0 Å². The number of rotatable bonds is 3. The molecule has 1 N–H and O–H groups in total. The molecule has 0 bridgehead atoms. The molecule has 0 saturated heterocycles. The number of carbonyl (C=O) groups is 1. The highest BCUT2D eigenvalue weighted by Gasteiger charge is 2.44. The highest BCUT2D eigenvalue weighted by Crippen LogP contribution is 2.37. The lowest BCUT2D eigenvalue weighted by molar-refractivity contribution is -0.206. The summed E-state index contributed by atoms with van der Waals surface area (Å²) in [5.41, 5.74) is -0.348. The quantitative estimate of drug-likeness (QED) is 0.798. The summed E-state index contributed by atoms with van der Waals surface area (Å²) in [6, 6.07) is 2.64. The fraction of sp³-hybridized carbons (Fsp3) is 0.462. The summed E-state index contributed by atoms with van der Waals surface area (Å²) in [4.78, 5) is 11.5. The van der Waals surface area contributed by atoms with Gasteiger partial charge in [0.25, 0.3) is 0 Å². The minimum absolute atomic E-state index is 0.128. The summed E-state index contributed by atoms with van der Waals surface area (Å²) in [7, 11) is 0. The van der Waals surface area contributed by atoms with E-state index in [1.54, 1.807) is 0 Å². The summed E-state index contributed by atoms with van der Waals surface area (Å²) >= 11 is 2.81. The second kappa shape index (κ2) is 6.21. The first-order valence-corrected chi connectivity index (χ1v) is 7.05. The number of halogens is 5. The Balaban J connectivity index is 2.13. The lowest BCUT2D eigenvalue weighted by Gasteiger charge is -2.28. The van der Waals surface area contributed by atoms with Gasteiger partial charge in [-0.05, 0) is 47.3 Å². The van der Waals surface area contributed by atoms with Gasteiger partial charge < -0.3 is 10.1 Å². The zero-order valence-corrected chi connectivity index (χ0v) is 12.3. The number of benzene rings is 1. The Morgan fingerprint density at radius 3 is 2.52 bits per heavy atom. The molecule has 3 nitrogen and oxygen atoms in total. The van der Waals surface area contributed by atoms with Gasteiger partial charge >= 0.3 is 12.3 Å². The average molecular weight is 370 g/mol. The minimum atomic E-state index is -4.78. The number of amides is 1. The number of ether oxygens (including phenoxy) is 1. The van der Waals surface area contributed by atoms with Gasteiger partial charge in [-0.3, -0.25) is 0 Å². The molecule has 8 heteroatoms. The third-order valence-corrected chi connectivity index (χ3v) is 3.80. The van der Waals surface area contributed by atoms with E-state index < -0.39 is 24.2 Å². The molecule has 1 aliphatic rings. The predicted molar refractivity (Wildman–Crippen MR) is 70.2 cm³/mol. The molecule has 1 aliphatic carbocycles. The molecule has 1 aromatic carbocycles. The Labute approximate surface area is 126 Å². The van der Waals surface area contributed by atoms with Crippen LogP contribution in [0, 0.1) is 5.82 Å². The summed E-state index contributed by atoms with van der Waals surface area (Å²) in [6.45, 7) is 0. The summed E-state index contributed by atoms with van der Waals surface area (Å²) in [5, 5.41) is 2.37. The minimum Gasteiger partial charge on any atom is -0.432 e. The Morgan fingerprint density at radius 1 is 1.38 bits per heavy atom. The van der Waals surface area contributed by atoms with Gasteiger partial charge in [-0.15, -0.1) is 0 Å². The maximum absolute atomic E-state index is 13.1. The Morgan fingerprint density at radius 2 is 2.05 bits per heavy atom. The smallest absolute Gasteiger partial charge is 0.429 e. The molecule has 21 heavy (non-hydrogen) atoms. The molecule has 0 unspecified atom stereocenters. The van der Waals surface area contributed by atoms with Gasteiger partial charge in [-0.2, -0.15) is 13.2 Å². The van der Waals surface area contributed by atoms with E-state index in [0.717, 1.165) is 37.5 Å². The van der Waals surface area contributed by atoms with Crippen LogP contribution < -0.4 is 5.32 Å². The topological polar surface area (TPSA) is 38.3 Å². The van der Waals surface area contributed by atoms with Crippen molar-refractivity contribution in [3.05, 3.63) is 34.1 Å². The van der Waals surface area contributed by atoms with E-state index in [1.165, 1.54) is 0 Å². The van der Waals surface area contributed by atoms with Gasteiger partial charge in [0.2, 0.25) is 6.10 Å². The Hall–Kier alpha value is -1.31. The van der Waals surface area contributed by atoms with Crippen molar-refractivity contribution in [3.8, 4) is 0 Å². The second-order valence-corrected chi connectivity index (χ2v) is 5.63. The van der Waals surface area contributed by atoms with E-state index in [0.29, 0.717) is 0 Å². The standard InChI is InChI=1S/C13H12BrF4NO2/c14-9-6-7(4-5-10(9)15)11(13(16,17)18)21-12(20)19-8-2-1-3-8/h4-6,8,11H,1-3H2,(H,19,20)/t11-/m0/s1. The molecule has 2 rings (SSSR count). The third-order valence-electron chi connectivity index (χ3n) is 3.20. The van der Waals surface area contributed by atoms with E-state index in [9.17, 15) is 22.4 Å². The van der Waals surface area contributed by atoms with Crippen molar-refractivity contribution in [2.45, 2.75) is 37.6 Å². The maximum Gasteiger partial charge on any atom is 0.429 e. The van der Waals surface area contributed by atoms with Gasteiger partial charge in [0.1, 0.15) is 5.82 Å². The molecular weight excluding hydrogens is 358 g/mol. The van der Waals surface area contributed by atoms with Crippen molar-refractivity contribution in [1.29, 1.82) is 0 Å². The van der Waals surface area contributed by atoms with Gasteiger partial charge in [0.15, 0.2) is 0 Å². The zero-order valence-electron chi connectivity index (χ0n) is 10.7. The number of nitrogens with one attached hydrogen (secondary N) is 1. The normalized spacial score (nSPS) is 17.0. The van der Waals surface area contributed by atoms with Gasteiger partial charge in [0, 0.05) is 11.6 Å². The lowest BCUT2D eigenvalue weighted by Crippen LogP contribution is -2.41. The summed E-state index contributed by atoms with van der Waals surface area (Å²) in [5.74, 6) is -0.696.